The maximum atomic E-state index is 6.63. The average molecular weight is 413 g/mol. The minimum absolute atomic E-state index is 0.0695. The largest absolute Gasteiger partial charge is 0.370 e. The van der Waals surface area contributed by atoms with Gasteiger partial charge in [-0.3, -0.25) is 0 Å². The standard InChI is InChI=1S/C25H48O4/c1-6-7-8-9-10-11-12-16-25(20(2)3,28-19-24(26-4)27-5)17-15-21-13-14-22-23(18-21)29-22/h20-24H,6-19H2,1-5H3. The van der Waals surface area contributed by atoms with E-state index in [0.29, 0.717) is 24.7 Å². The molecule has 4 atom stereocenters. The maximum Gasteiger partial charge on any atom is 0.180 e. The molecule has 1 heterocycles. The highest BCUT2D eigenvalue weighted by Gasteiger charge is 2.44. The van der Waals surface area contributed by atoms with Crippen molar-refractivity contribution in [3.8, 4) is 0 Å². The van der Waals surface area contributed by atoms with Crippen LogP contribution in [0, 0.1) is 11.8 Å². The van der Waals surface area contributed by atoms with Crippen LogP contribution in [0.15, 0.2) is 0 Å². The summed E-state index contributed by atoms with van der Waals surface area (Å²) in [6.45, 7) is 7.46. The molecule has 2 rings (SSSR count). The van der Waals surface area contributed by atoms with Crippen molar-refractivity contribution in [2.75, 3.05) is 20.8 Å². The number of hydrogen-bond acceptors (Lipinski definition) is 4. The third-order valence-corrected chi connectivity index (χ3v) is 7.38. The molecule has 0 aromatic rings. The van der Waals surface area contributed by atoms with E-state index >= 15 is 0 Å². The van der Waals surface area contributed by atoms with Gasteiger partial charge in [-0.15, -0.1) is 0 Å². The number of ether oxygens (including phenoxy) is 4. The van der Waals surface area contributed by atoms with Gasteiger partial charge in [0.2, 0.25) is 0 Å². The van der Waals surface area contributed by atoms with Crippen LogP contribution in [0.5, 0.6) is 0 Å². The molecule has 2 aliphatic rings. The topological polar surface area (TPSA) is 40.2 Å². The maximum absolute atomic E-state index is 6.63. The van der Waals surface area contributed by atoms with E-state index < -0.39 is 0 Å². The molecular weight excluding hydrogens is 364 g/mol. The zero-order valence-corrected chi connectivity index (χ0v) is 19.9. The molecule has 4 nitrogen and oxygen atoms in total. The van der Waals surface area contributed by atoms with Crippen molar-refractivity contribution in [2.24, 2.45) is 11.8 Å². The molecule has 4 unspecified atom stereocenters. The second-order valence-corrected chi connectivity index (χ2v) is 9.73. The highest BCUT2D eigenvalue weighted by atomic mass is 16.7. The van der Waals surface area contributed by atoms with Gasteiger partial charge in [0.05, 0.1) is 24.4 Å². The van der Waals surface area contributed by atoms with E-state index in [9.17, 15) is 0 Å². The number of unbranched alkanes of at least 4 members (excludes halogenated alkanes) is 6. The Hall–Kier alpha value is -0.160. The lowest BCUT2D eigenvalue weighted by Gasteiger charge is -2.40. The molecule has 0 amide bonds. The second-order valence-electron chi connectivity index (χ2n) is 9.73. The highest BCUT2D eigenvalue weighted by Crippen LogP contribution is 2.43. The summed E-state index contributed by atoms with van der Waals surface area (Å²) in [6, 6.07) is 0. The Morgan fingerprint density at radius 2 is 1.59 bits per heavy atom. The third-order valence-electron chi connectivity index (χ3n) is 7.38. The van der Waals surface area contributed by atoms with E-state index in [4.69, 9.17) is 18.9 Å². The SMILES string of the molecule is CCCCCCCCCC(CCC1CCC2OC2C1)(OCC(OC)OC)C(C)C. The molecular formula is C25H48O4. The molecule has 0 spiro atoms. The Morgan fingerprint density at radius 3 is 2.21 bits per heavy atom. The number of hydrogen-bond donors (Lipinski definition) is 0. The molecule has 0 bridgehead atoms. The van der Waals surface area contributed by atoms with Gasteiger partial charge in [-0.2, -0.15) is 0 Å². The predicted molar refractivity (Wildman–Crippen MR) is 119 cm³/mol. The van der Waals surface area contributed by atoms with Crippen molar-refractivity contribution in [3.63, 3.8) is 0 Å². The summed E-state index contributed by atoms with van der Waals surface area (Å²) in [5.74, 6) is 1.29. The van der Waals surface area contributed by atoms with Crippen molar-refractivity contribution in [1.82, 2.24) is 0 Å². The number of epoxide rings is 1. The van der Waals surface area contributed by atoms with Crippen LogP contribution in [-0.4, -0.2) is 44.9 Å². The first-order chi connectivity index (χ1) is 14.0. The van der Waals surface area contributed by atoms with Crippen molar-refractivity contribution < 1.29 is 18.9 Å². The Morgan fingerprint density at radius 1 is 0.897 bits per heavy atom. The fourth-order valence-corrected chi connectivity index (χ4v) is 5.06. The van der Waals surface area contributed by atoms with Crippen LogP contribution in [0.25, 0.3) is 0 Å². The lowest BCUT2D eigenvalue weighted by atomic mass is 9.77. The van der Waals surface area contributed by atoms with Crippen LogP contribution in [-0.2, 0) is 18.9 Å². The van der Waals surface area contributed by atoms with Gasteiger partial charge in [-0.05, 0) is 50.4 Å². The molecule has 1 saturated heterocycles. The molecule has 0 aromatic heterocycles. The van der Waals surface area contributed by atoms with E-state index in [0.717, 1.165) is 18.8 Å². The van der Waals surface area contributed by atoms with E-state index in [2.05, 4.69) is 20.8 Å². The van der Waals surface area contributed by atoms with Gasteiger partial charge in [0.15, 0.2) is 6.29 Å². The van der Waals surface area contributed by atoms with Crippen LogP contribution < -0.4 is 0 Å². The molecule has 172 valence electrons. The summed E-state index contributed by atoms with van der Waals surface area (Å²) in [6.07, 6.45) is 17.7. The monoisotopic (exact) mass is 412 g/mol. The van der Waals surface area contributed by atoms with E-state index in [1.165, 1.54) is 70.6 Å². The van der Waals surface area contributed by atoms with Crippen molar-refractivity contribution in [1.29, 1.82) is 0 Å². The molecule has 2 fully saturated rings. The summed E-state index contributed by atoms with van der Waals surface area (Å²) in [4.78, 5) is 0. The predicted octanol–water partition coefficient (Wildman–Crippen LogP) is 6.51. The fourth-order valence-electron chi connectivity index (χ4n) is 5.06. The zero-order valence-electron chi connectivity index (χ0n) is 19.9. The van der Waals surface area contributed by atoms with E-state index in [1.807, 2.05) is 0 Å². The van der Waals surface area contributed by atoms with Gasteiger partial charge in [0.1, 0.15) is 0 Å². The van der Waals surface area contributed by atoms with Gasteiger partial charge in [0, 0.05) is 14.2 Å². The van der Waals surface area contributed by atoms with Gasteiger partial charge < -0.3 is 18.9 Å². The van der Waals surface area contributed by atoms with Crippen molar-refractivity contribution in [3.05, 3.63) is 0 Å². The highest BCUT2D eigenvalue weighted by molar-refractivity contribution is 4.93. The minimum Gasteiger partial charge on any atom is -0.370 e. The first-order valence-electron chi connectivity index (χ1n) is 12.4. The zero-order chi connectivity index (χ0) is 21.1. The molecule has 1 aliphatic carbocycles. The van der Waals surface area contributed by atoms with Gasteiger partial charge >= 0.3 is 0 Å². The lowest BCUT2D eigenvalue weighted by molar-refractivity contribution is -0.188. The number of methoxy groups -OCH3 is 2. The van der Waals surface area contributed by atoms with Gasteiger partial charge in [-0.1, -0.05) is 65.7 Å². The van der Waals surface area contributed by atoms with Crippen LogP contribution >= 0.6 is 0 Å². The van der Waals surface area contributed by atoms with Crippen LogP contribution in [0.4, 0.5) is 0 Å². The summed E-state index contributed by atoms with van der Waals surface area (Å²) >= 11 is 0. The first kappa shape index (κ1) is 25.1. The van der Waals surface area contributed by atoms with Gasteiger partial charge in [0.25, 0.3) is 0 Å². The summed E-state index contributed by atoms with van der Waals surface area (Å²) in [5, 5.41) is 0. The average Bonchev–Trinajstić information content (AvgIpc) is 3.50. The Balaban J connectivity index is 1.86. The number of fused-ring (bicyclic) bond motifs is 1. The Bertz CT molecular complexity index is 423. The molecule has 0 aromatic carbocycles. The van der Waals surface area contributed by atoms with Crippen molar-refractivity contribution >= 4 is 0 Å². The number of rotatable bonds is 17. The first-order valence-corrected chi connectivity index (χ1v) is 12.4. The third kappa shape index (κ3) is 8.47. The molecule has 1 saturated carbocycles. The summed E-state index contributed by atoms with van der Waals surface area (Å²) < 4.78 is 23.2. The van der Waals surface area contributed by atoms with E-state index in [-0.39, 0.29) is 11.9 Å². The Kier molecular flexibility index (Phi) is 11.5. The van der Waals surface area contributed by atoms with Crippen molar-refractivity contribution in [2.45, 2.75) is 128 Å². The van der Waals surface area contributed by atoms with Gasteiger partial charge in [-0.25, -0.2) is 0 Å². The molecule has 1 aliphatic heterocycles. The fraction of sp³-hybridized carbons (Fsp3) is 1.00. The molecule has 0 radical (unpaired) electrons. The Labute approximate surface area is 180 Å². The quantitative estimate of drug-likeness (QED) is 0.155. The van der Waals surface area contributed by atoms with Crippen LogP contribution in [0.1, 0.15) is 104 Å². The molecule has 0 N–H and O–H groups in total. The van der Waals surface area contributed by atoms with Crippen LogP contribution in [0.2, 0.25) is 0 Å². The van der Waals surface area contributed by atoms with E-state index in [1.54, 1.807) is 14.2 Å². The van der Waals surface area contributed by atoms with Crippen LogP contribution in [0.3, 0.4) is 0 Å². The minimum atomic E-state index is -0.280. The normalized spacial score (nSPS) is 26.0. The molecule has 4 heteroatoms. The summed E-state index contributed by atoms with van der Waals surface area (Å²) in [5.41, 5.74) is -0.0695. The summed E-state index contributed by atoms with van der Waals surface area (Å²) in [7, 11) is 3.39. The molecule has 29 heavy (non-hydrogen) atoms. The lowest BCUT2D eigenvalue weighted by Crippen LogP contribution is -2.42. The second kappa shape index (κ2) is 13.3. The smallest absolute Gasteiger partial charge is 0.180 e.